The molecule has 0 aromatic heterocycles. The summed E-state index contributed by atoms with van der Waals surface area (Å²) in [5.41, 5.74) is 0. The Bertz CT molecular complexity index is 309. The molecule has 0 N–H and O–H groups in total. The van der Waals surface area contributed by atoms with Crippen LogP contribution < -0.4 is 0 Å². The number of nitrogens with zero attached hydrogens (tertiary/aromatic N) is 3. The second kappa shape index (κ2) is 5.80. The van der Waals surface area contributed by atoms with Gasteiger partial charge in [0.25, 0.3) is 0 Å². The minimum atomic E-state index is 0.289. The van der Waals surface area contributed by atoms with Crippen molar-refractivity contribution >= 4 is 5.91 Å². The first kappa shape index (κ1) is 14.8. The molecule has 0 aromatic rings. The van der Waals surface area contributed by atoms with E-state index in [9.17, 15) is 4.79 Å². The predicted molar refractivity (Wildman–Crippen MR) is 77.9 cm³/mol. The van der Waals surface area contributed by atoms with Crippen molar-refractivity contribution in [2.45, 2.75) is 32.7 Å². The van der Waals surface area contributed by atoms with Crippen LogP contribution in [0.4, 0.5) is 0 Å². The number of amides is 1. The third kappa shape index (κ3) is 3.69. The third-order valence-electron chi connectivity index (χ3n) is 4.87. The summed E-state index contributed by atoms with van der Waals surface area (Å²) in [5, 5.41) is 0. The summed E-state index contributed by atoms with van der Waals surface area (Å²) in [5.74, 6) is 0.708. The van der Waals surface area contributed by atoms with E-state index in [1.165, 1.54) is 0 Å². The first-order valence-electron chi connectivity index (χ1n) is 7.74. The normalized spacial score (nSPS) is 25.8. The van der Waals surface area contributed by atoms with Gasteiger partial charge >= 0.3 is 0 Å². The van der Waals surface area contributed by atoms with Gasteiger partial charge in [-0.3, -0.25) is 9.69 Å². The van der Waals surface area contributed by atoms with Gasteiger partial charge in [-0.15, -0.1) is 0 Å². The SMILES string of the molecule is CC(C)N1CCN(C(=O)C2CC[N+](C)(C)CC2)CC1. The van der Waals surface area contributed by atoms with Crippen molar-refractivity contribution in [2.75, 3.05) is 53.4 Å². The van der Waals surface area contributed by atoms with Crippen LogP contribution >= 0.6 is 0 Å². The molecule has 2 aliphatic rings. The first-order chi connectivity index (χ1) is 8.89. The zero-order valence-electron chi connectivity index (χ0n) is 13.1. The Hall–Kier alpha value is -0.610. The lowest BCUT2D eigenvalue weighted by atomic mass is 9.94. The van der Waals surface area contributed by atoms with Crippen molar-refractivity contribution in [3.63, 3.8) is 0 Å². The number of carbonyl (C=O) groups is 1. The maximum Gasteiger partial charge on any atom is 0.226 e. The van der Waals surface area contributed by atoms with Gasteiger partial charge < -0.3 is 9.38 Å². The van der Waals surface area contributed by atoms with Crippen molar-refractivity contribution in [3.05, 3.63) is 0 Å². The zero-order chi connectivity index (χ0) is 14.0. The van der Waals surface area contributed by atoms with E-state index >= 15 is 0 Å². The monoisotopic (exact) mass is 268 g/mol. The van der Waals surface area contributed by atoms with E-state index in [0.717, 1.165) is 56.6 Å². The van der Waals surface area contributed by atoms with E-state index in [-0.39, 0.29) is 5.92 Å². The number of likely N-dealkylation sites (tertiary alicyclic amines) is 1. The molecule has 0 bridgehead atoms. The standard InChI is InChI=1S/C15H30N3O/c1-13(2)16-7-9-17(10-8-16)15(19)14-5-11-18(3,4)12-6-14/h13-14H,5-12H2,1-4H3/q+1. The van der Waals surface area contributed by atoms with Crippen molar-refractivity contribution in [1.82, 2.24) is 9.80 Å². The van der Waals surface area contributed by atoms with Crippen molar-refractivity contribution < 1.29 is 9.28 Å². The Labute approximate surface area is 117 Å². The molecule has 1 amide bonds. The molecule has 110 valence electrons. The Kier molecular flexibility index (Phi) is 4.51. The topological polar surface area (TPSA) is 23.6 Å². The smallest absolute Gasteiger partial charge is 0.226 e. The summed E-state index contributed by atoms with van der Waals surface area (Å²) in [6.07, 6.45) is 2.13. The van der Waals surface area contributed by atoms with Gasteiger partial charge in [-0.05, 0) is 13.8 Å². The molecule has 0 aromatic carbocycles. The summed E-state index contributed by atoms with van der Waals surface area (Å²) in [7, 11) is 4.53. The van der Waals surface area contributed by atoms with Crippen LogP contribution in [0, 0.1) is 5.92 Å². The molecule has 2 heterocycles. The van der Waals surface area contributed by atoms with Crippen LogP contribution in [-0.4, -0.2) is 79.6 Å². The molecule has 0 saturated carbocycles. The average molecular weight is 268 g/mol. The quantitative estimate of drug-likeness (QED) is 0.698. The highest BCUT2D eigenvalue weighted by atomic mass is 16.2. The summed E-state index contributed by atoms with van der Waals surface area (Å²) in [4.78, 5) is 17.1. The molecule has 19 heavy (non-hydrogen) atoms. The minimum Gasteiger partial charge on any atom is -0.340 e. The first-order valence-corrected chi connectivity index (χ1v) is 7.74. The van der Waals surface area contributed by atoms with Gasteiger partial charge in [0.2, 0.25) is 5.91 Å². The maximum absolute atomic E-state index is 12.5. The molecule has 0 unspecified atom stereocenters. The molecule has 4 heteroatoms. The second-order valence-electron chi connectivity index (χ2n) is 7.11. The average Bonchev–Trinajstić information content (AvgIpc) is 2.38. The lowest BCUT2D eigenvalue weighted by molar-refractivity contribution is -0.895. The van der Waals surface area contributed by atoms with Crippen molar-refractivity contribution in [1.29, 1.82) is 0 Å². The highest BCUT2D eigenvalue weighted by Gasteiger charge is 2.34. The second-order valence-corrected chi connectivity index (χ2v) is 7.11. The highest BCUT2D eigenvalue weighted by Crippen LogP contribution is 2.23. The Balaban J connectivity index is 1.82. The Morgan fingerprint density at radius 3 is 2.05 bits per heavy atom. The molecule has 2 aliphatic heterocycles. The van der Waals surface area contributed by atoms with Crippen molar-refractivity contribution in [2.24, 2.45) is 5.92 Å². The van der Waals surface area contributed by atoms with Gasteiger partial charge in [0.05, 0.1) is 27.2 Å². The van der Waals surface area contributed by atoms with Crippen LogP contribution in [0.2, 0.25) is 0 Å². The number of piperidine rings is 1. The van der Waals surface area contributed by atoms with E-state index in [2.05, 4.69) is 37.7 Å². The largest absolute Gasteiger partial charge is 0.340 e. The van der Waals surface area contributed by atoms with Gasteiger partial charge in [0, 0.05) is 51.0 Å². The number of carbonyl (C=O) groups excluding carboxylic acids is 1. The van der Waals surface area contributed by atoms with Gasteiger partial charge in [-0.2, -0.15) is 0 Å². The number of hydrogen-bond acceptors (Lipinski definition) is 2. The van der Waals surface area contributed by atoms with E-state index < -0.39 is 0 Å². The lowest BCUT2D eigenvalue weighted by Crippen LogP contribution is -2.54. The van der Waals surface area contributed by atoms with Crippen LogP contribution in [0.5, 0.6) is 0 Å². The molecule has 0 atom stereocenters. The fourth-order valence-electron chi connectivity index (χ4n) is 3.23. The Morgan fingerprint density at radius 2 is 1.58 bits per heavy atom. The molecule has 2 rings (SSSR count). The van der Waals surface area contributed by atoms with Crippen LogP contribution in [0.25, 0.3) is 0 Å². The van der Waals surface area contributed by atoms with Crippen molar-refractivity contribution in [3.8, 4) is 0 Å². The van der Waals surface area contributed by atoms with Gasteiger partial charge in [0.1, 0.15) is 0 Å². The predicted octanol–water partition coefficient (Wildman–Crippen LogP) is 1.03. The molecule has 0 radical (unpaired) electrons. The fourth-order valence-corrected chi connectivity index (χ4v) is 3.23. The Morgan fingerprint density at radius 1 is 1.05 bits per heavy atom. The van der Waals surface area contributed by atoms with Gasteiger partial charge in [-0.25, -0.2) is 0 Å². The summed E-state index contributed by atoms with van der Waals surface area (Å²) in [6.45, 7) is 10.7. The van der Waals surface area contributed by atoms with E-state index in [1.54, 1.807) is 0 Å². The fraction of sp³-hybridized carbons (Fsp3) is 0.933. The molecule has 2 saturated heterocycles. The number of hydrogen-bond donors (Lipinski definition) is 0. The number of quaternary nitrogens is 1. The number of rotatable bonds is 2. The highest BCUT2D eigenvalue weighted by molar-refractivity contribution is 5.79. The third-order valence-corrected chi connectivity index (χ3v) is 4.87. The maximum atomic E-state index is 12.5. The van der Waals surface area contributed by atoms with Gasteiger partial charge in [0.15, 0.2) is 0 Å². The summed E-state index contributed by atoms with van der Waals surface area (Å²) in [6, 6.07) is 0.602. The zero-order valence-corrected chi connectivity index (χ0v) is 13.1. The van der Waals surface area contributed by atoms with Crippen LogP contribution in [0.15, 0.2) is 0 Å². The minimum absolute atomic E-state index is 0.289. The number of piperazine rings is 1. The molecule has 2 fully saturated rings. The van der Waals surface area contributed by atoms with Crippen LogP contribution in [0.3, 0.4) is 0 Å². The molecular weight excluding hydrogens is 238 g/mol. The lowest BCUT2D eigenvalue weighted by Gasteiger charge is -2.41. The summed E-state index contributed by atoms with van der Waals surface area (Å²) >= 11 is 0. The van der Waals surface area contributed by atoms with Crippen LogP contribution in [-0.2, 0) is 4.79 Å². The van der Waals surface area contributed by atoms with E-state index in [1.807, 2.05) is 0 Å². The van der Waals surface area contributed by atoms with Gasteiger partial charge in [-0.1, -0.05) is 0 Å². The molecular formula is C15H30N3O+. The molecule has 0 aliphatic carbocycles. The van der Waals surface area contributed by atoms with E-state index in [4.69, 9.17) is 0 Å². The van der Waals surface area contributed by atoms with E-state index in [0.29, 0.717) is 11.9 Å². The van der Waals surface area contributed by atoms with Crippen LogP contribution in [0.1, 0.15) is 26.7 Å². The molecule has 0 spiro atoms. The molecule has 4 nitrogen and oxygen atoms in total. The summed E-state index contributed by atoms with van der Waals surface area (Å²) < 4.78 is 1.07.